The van der Waals surface area contributed by atoms with Crippen LogP contribution in [-0.2, 0) is 4.74 Å². The Bertz CT molecular complexity index is 529. The lowest BCUT2D eigenvalue weighted by molar-refractivity contribution is 0.0853. The second-order valence-electron chi connectivity index (χ2n) is 6.44. The van der Waals surface area contributed by atoms with Crippen molar-refractivity contribution in [3.05, 3.63) is 35.4 Å². The van der Waals surface area contributed by atoms with Gasteiger partial charge in [0.25, 0.3) is 0 Å². The van der Waals surface area contributed by atoms with Gasteiger partial charge in [0.2, 0.25) is 0 Å². The molecule has 1 aliphatic carbocycles. The molecule has 1 aromatic carbocycles. The average molecular weight is 285 g/mol. The van der Waals surface area contributed by atoms with Gasteiger partial charge in [0.15, 0.2) is 5.96 Å². The van der Waals surface area contributed by atoms with E-state index in [0.29, 0.717) is 12.1 Å². The Morgan fingerprint density at radius 1 is 1.14 bits per heavy atom. The number of rotatable bonds is 4. The average Bonchev–Trinajstić information content (AvgIpc) is 3.12. The molecule has 112 valence electrons. The normalized spacial score (nSPS) is 29.0. The minimum atomic E-state index is 0.280. The summed E-state index contributed by atoms with van der Waals surface area (Å²) in [6.45, 7) is 2.52. The van der Waals surface area contributed by atoms with Crippen LogP contribution in [0, 0.1) is 0 Å². The molecule has 1 saturated heterocycles. The molecule has 2 heterocycles. The molecule has 0 bridgehead atoms. The van der Waals surface area contributed by atoms with Crippen LogP contribution in [0.15, 0.2) is 29.3 Å². The summed E-state index contributed by atoms with van der Waals surface area (Å²) in [7, 11) is 0. The highest BCUT2D eigenvalue weighted by Gasteiger charge is 2.31. The highest BCUT2D eigenvalue weighted by molar-refractivity contribution is 5.80. The van der Waals surface area contributed by atoms with E-state index in [4.69, 9.17) is 10.5 Å². The van der Waals surface area contributed by atoms with Crippen LogP contribution in [0.2, 0.25) is 0 Å². The van der Waals surface area contributed by atoms with E-state index in [-0.39, 0.29) is 6.04 Å². The van der Waals surface area contributed by atoms with Crippen LogP contribution in [0.5, 0.6) is 0 Å². The zero-order valence-electron chi connectivity index (χ0n) is 12.4. The lowest BCUT2D eigenvalue weighted by Crippen LogP contribution is -2.41. The van der Waals surface area contributed by atoms with Crippen LogP contribution in [0.1, 0.15) is 48.8 Å². The van der Waals surface area contributed by atoms with E-state index in [0.717, 1.165) is 38.5 Å². The first-order valence-electron chi connectivity index (χ1n) is 8.09. The summed E-state index contributed by atoms with van der Waals surface area (Å²) in [5, 5.41) is 0. The van der Waals surface area contributed by atoms with Crippen LogP contribution in [0.4, 0.5) is 0 Å². The molecule has 4 heteroatoms. The Morgan fingerprint density at radius 2 is 1.90 bits per heavy atom. The van der Waals surface area contributed by atoms with E-state index in [1.807, 2.05) is 0 Å². The van der Waals surface area contributed by atoms with Crippen LogP contribution in [0.3, 0.4) is 0 Å². The van der Waals surface area contributed by atoms with Crippen molar-refractivity contribution in [2.24, 2.45) is 10.7 Å². The summed E-state index contributed by atoms with van der Waals surface area (Å²) in [5.41, 5.74) is 8.90. The van der Waals surface area contributed by atoms with Crippen molar-refractivity contribution in [1.82, 2.24) is 4.90 Å². The Balaban J connectivity index is 1.49. The molecule has 1 saturated carbocycles. The molecule has 2 aliphatic heterocycles. The largest absolute Gasteiger partial charge is 0.376 e. The maximum absolute atomic E-state index is 6.09. The summed E-state index contributed by atoms with van der Waals surface area (Å²) in [5.74, 6) is 1.48. The number of ether oxygens (including phenoxy) is 1. The van der Waals surface area contributed by atoms with Gasteiger partial charge in [-0.2, -0.15) is 0 Å². The van der Waals surface area contributed by atoms with E-state index < -0.39 is 0 Å². The third-order valence-corrected chi connectivity index (χ3v) is 4.89. The van der Waals surface area contributed by atoms with E-state index >= 15 is 0 Å². The predicted octanol–water partition coefficient (Wildman–Crippen LogP) is 2.41. The third-order valence-electron chi connectivity index (χ3n) is 4.89. The SMILES string of the molecule is NC1=NCC(c2ccc(C3CC3)cc2)N1CC1CCCO1. The molecule has 0 radical (unpaired) electrons. The lowest BCUT2D eigenvalue weighted by atomic mass is 10.0. The van der Waals surface area contributed by atoms with Gasteiger partial charge in [-0.1, -0.05) is 24.3 Å². The van der Waals surface area contributed by atoms with E-state index in [2.05, 4.69) is 34.2 Å². The number of nitrogens with zero attached hydrogens (tertiary/aromatic N) is 2. The predicted molar refractivity (Wildman–Crippen MR) is 83.3 cm³/mol. The van der Waals surface area contributed by atoms with Crippen molar-refractivity contribution in [1.29, 1.82) is 0 Å². The maximum Gasteiger partial charge on any atom is 0.192 e. The fourth-order valence-corrected chi connectivity index (χ4v) is 3.45. The number of aliphatic imine (C=N–C) groups is 1. The summed E-state index contributed by atoms with van der Waals surface area (Å²) >= 11 is 0. The Morgan fingerprint density at radius 3 is 2.57 bits per heavy atom. The topological polar surface area (TPSA) is 50.8 Å². The molecule has 2 atom stereocenters. The van der Waals surface area contributed by atoms with Crippen LogP contribution < -0.4 is 5.73 Å². The van der Waals surface area contributed by atoms with Crippen molar-refractivity contribution in [2.75, 3.05) is 19.7 Å². The first kappa shape index (κ1) is 13.1. The summed E-state index contributed by atoms with van der Waals surface area (Å²) in [4.78, 5) is 6.68. The van der Waals surface area contributed by atoms with Gasteiger partial charge >= 0.3 is 0 Å². The molecule has 3 aliphatic rings. The maximum atomic E-state index is 6.09. The second-order valence-corrected chi connectivity index (χ2v) is 6.44. The molecular weight excluding hydrogens is 262 g/mol. The van der Waals surface area contributed by atoms with Gasteiger partial charge in [-0.3, -0.25) is 4.99 Å². The van der Waals surface area contributed by atoms with E-state index in [1.54, 1.807) is 0 Å². The molecule has 2 fully saturated rings. The zero-order chi connectivity index (χ0) is 14.2. The summed E-state index contributed by atoms with van der Waals surface area (Å²) in [6.07, 6.45) is 5.31. The summed E-state index contributed by atoms with van der Waals surface area (Å²) < 4.78 is 5.75. The van der Waals surface area contributed by atoms with Gasteiger partial charge in [0.05, 0.1) is 18.7 Å². The number of hydrogen-bond donors (Lipinski definition) is 1. The lowest BCUT2D eigenvalue weighted by Gasteiger charge is -2.29. The Labute approximate surface area is 126 Å². The summed E-state index contributed by atoms with van der Waals surface area (Å²) in [6, 6.07) is 9.36. The number of nitrogens with two attached hydrogens (primary N) is 1. The quantitative estimate of drug-likeness (QED) is 0.924. The highest BCUT2D eigenvalue weighted by atomic mass is 16.5. The Kier molecular flexibility index (Phi) is 3.34. The molecule has 4 rings (SSSR count). The first-order chi connectivity index (χ1) is 10.3. The number of hydrogen-bond acceptors (Lipinski definition) is 4. The van der Waals surface area contributed by atoms with Crippen LogP contribution in [-0.4, -0.2) is 36.7 Å². The van der Waals surface area contributed by atoms with Gasteiger partial charge < -0.3 is 15.4 Å². The molecule has 2 unspecified atom stereocenters. The Hall–Kier alpha value is -1.55. The van der Waals surface area contributed by atoms with E-state index in [1.165, 1.54) is 24.0 Å². The van der Waals surface area contributed by atoms with Gasteiger partial charge in [-0.25, -0.2) is 0 Å². The van der Waals surface area contributed by atoms with Gasteiger partial charge in [0, 0.05) is 13.2 Å². The van der Waals surface area contributed by atoms with E-state index in [9.17, 15) is 0 Å². The van der Waals surface area contributed by atoms with Crippen molar-refractivity contribution in [2.45, 2.75) is 43.7 Å². The van der Waals surface area contributed by atoms with Crippen molar-refractivity contribution in [3.63, 3.8) is 0 Å². The van der Waals surface area contributed by atoms with Gasteiger partial charge in [-0.15, -0.1) is 0 Å². The van der Waals surface area contributed by atoms with Crippen molar-refractivity contribution >= 4 is 5.96 Å². The second kappa shape index (κ2) is 5.34. The number of guanidine groups is 1. The molecule has 4 nitrogen and oxygen atoms in total. The monoisotopic (exact) mass is 285 g/mol. The molecular formula is C17H23N3O. The third kappa shape index (κ3) is 2.64. The fourth-order valence-electron chi connectivity index (χ4n) is 3.45. The molecule has 0 aromatic heterocycles. The minimum absolute atomic E-state index is 0.280. The first-order valence-corrected chi connectivity index (χ1v) is 8.09. The highest BCUT2D eigenvalue weighted by Crippen LogP contribution is 2.40. The molecule has 1 aromatic rings. The fraction of sp³-hybridized carbons (Fsp3) is 0.588. The smallest absolute Gasteiger partial charge is 0.192 e. The van der Waals surface area contributed by atoms with Crippen LogP contribution >= 0.6 is 0 Å². The number of benzene rings is 1. The van der Waals surface area contributed by atoms with Crippen LogP contribution in [0.25, 0.3) is 0 Å². The molecule has 0 spiro atoms. The van der Waals surface area contributed by atoms with Crippen molar-refractivity contribution in [3.8, 4) is 0 Å². The molecule has 21 heavy (non-hydrogen) atoms. The standard InChI is InChI=1S/C17H23N3O/c18-17-19-10-16(20(17)11-15-2-1-9-21-15)14-7-5-13(6-8-14)12-3-4-12/h5-8,12,15-16H,1-4,9-11H2,(H2,18,19). The molecule has 2 N–H and O–H groups in total. The zero-order valence-corrected chi connectivity index (χ0v) is 12.4. The minimum Gasteiger partial charge on any atom is -0.376 e. The van der Waals surface area contributed by atoms with Gasteiger partial charge in [0.1, 0.15) is 0 Å². The van der Waals surface area contributed by atoms with Gasteiger partial charge in [-0.05, 0) is 42.7 Å². The molecule has 0 amide bonds. The van der Waals surface area contributed by atoms with Crippen molar-refractivity contribution < 1.29 is 4.74 Å².